The monoisotopic (exact) mass is 482 g/mol. The molecule has 1 fully saturated rings. The standard InChI is InChI=1S/C28H35FN2O4/c1-2-34-28-24(9-6-18-32)25(22-10-12-23(29)13-11-22)19-26(35-28)27(33)31-16-14-30(15-17-31)20-21-7-4-3-5-8-21/h3-5,7-8,10-13,19,24-25,28,32H,2,6,9,14-18,20H2,1H3/t24-,25+,28+/m0/s1. The second kappa shape index (κ2) is 12.3. The van der Waals surface area contributed by atoms with E-state index in [9.17, 15) is 14.3 Å². The van der Waals surface area contributed by atoms with Crippen molar-refractivity contribution in [1.82, 2.24) is 9.80 Å². The predicted octanol–water partition coefficient (Wildman–Crippen LogP) is 3.92. The number of hydrogen-bond acceptors (Lipinski definition) is 5. The molecule has 35 heavy (non-hydrogen) atoms. The molecule has 2 aromatic carbocycles. The third kappa shape index (κ3) is 6.48. The van der Waals surface area contributed by atoms with Crippen LogP contribution in [0.2, 0.25) is 0 Å². The minimum absolute atomic E-state index is 0.0637. The smallest absolute Gasteiger partial charge is 0.288 e. The van der Waals surface area contributed by atoms with Gasteiger partial charge < -0.3 is 19.5 Å². The van der Waals surface area contributed by atoms with Gasteiger partial charge in [-0.15, -0.1) is 0 Å². The van der Waals surface area contributed by atoms with E-state index in [0.29, 0.717) is 32.5 Å². The van der Waals surface area contributed by atoms with Gasteiger partial charge in [-0.25, -0.2) is 4.39 Å². The van der Waals surface area contributed by atoms with Crippen molar-refractivity contribution in [2.75, 3.05) is 39.4 Å². The van der Waals surface area contributed by atoms with Gasteiger partial charge in [-0.1, -0.05) is 42.5 Å². The van der Waals surface area contributed by atoms with Crippen molar-refractivity contribution < 1.29 is 23.8 Å². The molecule has 3 atom stereocenters. The van der Waals surface area contributed by atoms with E-state index in [1.807, 2.05) is 36.1 Å². The average Bonchev–Trinajstić information content (AvgIpc) is 2.89. The Hall–Kier alpha value is -2.74. The first-order valence-corrected chi connectivity index (χ1v) is 12.5. The molecule has 4 rings (SSSR count). The lowest BCUT2D eigenvalue weighted by Crippen LogP contribution is -2.49. The van der Waals surface area contributed by atoms with Crippen LogP contribution >= 0.6 is 0 Å². The lowest BCUT2D eigenvalue weighted by Gasteiger charge is -2.39. The van der Waals surface area contributed by atoms with Gasteiger partial charge in [0.25, 0.3) is 5.91 Å². The van der Waals surface area contributed by atoms with Crippen LogP contribution in [0.1, 0.15) is 36.8 Å². The number of halogens is 1. The maximum Gasteiger partial charge on any atom is 0.288 e. The Bertz CT molecular complexity index is 974. The van der Waals surface area contributed by atoms with Gasteiger partial charge in [0.05, 0.1) is 0 Å². The van der Waals surface area contributed by atoms with E-state index in [-0.39, 0.29) is 35.9 Å². The minimum Gasteiger partial charge on any atom is -0.459 e. The van der Waals surface area contributed by atoms with E-state index in [2.05, 4.69) is 17.0 Å². The summed E-state index contributed by atoms with van der Waals surface area (Å²) in [6.45, 7) is 6.11. The van der Waals surface area contributed by atoms with Gasteiger partial charge in [0.2, 0.25) is 6.29 Å². The fourth-order valence-electron chi connectivity index (χ4n) is 4.93. The molecule has 0 aliphatic carbocycles. The molecular weight excluding hydrogens is 447 g/mol. The zero-order valence-corrected chi connectivity index (χ0v) is 20.3. The highest BCUT2D eigenvalue weighted by Gasteiger charge is 2.39. The molecule has 1 N–H and O–H groups in total. The van der Waals surface area contributed by atoms with E-state index in [0.717, 1.165) is 25.2 Å². The molecule has 188 valence electrons. The van der Waals surface area contributed by atoms with Crippen LogP contribution in [0.4, 0.5) is 4.39 Å². The van der Waals surface area contributed by atoms with Gasteiger partial charge in [-0.05, 0) is 49.1 Å². The van der Waals surface area contributed by atoms with Crippen LogP contribution in [0, 0.1) is 11.7 Å². The van der Waals surface area contributed by atoms with Crippen LogP contribution in [0.25, 0.3) is 0 Å². The highest BCUT2D eigenvalue weighted by atomic mass is 19.1. The summed E-state index contributed by atoms with van der Waals surface area (Å²) in [5.41, 5.74) is 2.17. The number of aliphatic hydroxyl groups is 1. The van der Waals surface area contributed by atoms with Crippen LogP contribution in [0.3, 0.4) is 0 Å². The van der Waals surface area contributed by atoms with E-state index < -0.39 is 6.29 Å². The van der Waals surface area contributed by atoms with Crippen molar-refractivity contribution in [3.05, 3.63) is 83.4 Å². The maximum atomic E-state index is 13.6. The first-order chi connectivity index (χ1) is 17.1. The van der Waals surface area contributed by atoms with Crippen molar-refractivity contribution in [2.45, 2.75) is 38.5 Å². The number of rotatable bonds is 9. The summed E-state index contributed by atoms with van der Waals surface area (Å²) in [7, 11) is 0. The van der Waals surface area contributed by atoms with Gasteiger partial charge in [-0.3, -0.25) is 9.69 Å². The molecule has 2 aromatic rings. The molecular formula is C28H35FN2O4. The summed E-state index contributed by atoms with van der Waals surface area (Å²) in [6.07, 6.45) is 2.52. The lowest BCUT2D eigenvalue weighted by atomic mass is 9.80. The van der Waals surface area contributed by atoms with Crippen molar-refractivity contribution in [1.29, 1.82) is 0 Å². The van der Waals surface area contributed by atoms with Crippen LogP contribution < -0.4 is 0 Å². The van der Waals surface area contributed by atoms with E-state index in [1.165, 1.54) is 17.7 Å². The number of carbonyl (C=O) groups is 1. The van der Waals surface area contributed by atoms with Crippen molar-refractivity contribution >= 4 is 5.91 Å². The minimum atomic E-state index is -0.607. The summed E-state index contributed by atoms with van der Waals surface area (Å²) in [5, 5.41) is 9.42. The third-order valence-corrected chi connectivity index (χ3v) is 6.79. The molecule has 1 amide bonds. The van der Waals surface area contributed by atoms with Crippen LogP contribution in [0.5, 0.6) is 0 Å². The summed E-state index contributed by atoms with van der Waals surface area (Å²) in [4.78, 5) is 17.7. The number of nitrogens with zero attached hydrogens (tertiary/aromatic N) is 2. The van der Waals surface area contributed by atoms with Crippen LogP contribution in [-0.4, -0.2) is 66.5 Å². The molecule has 0 aromatic heterocycles. The second-order valence-electron chi connectivity index (χ2n) is 9.13. The summed E-state index contributed by atoms with van der Waals surface area (Å²) in [6, 6.07) is 16.7. The van der Waals surface area contributed by atoms with Gasteiger partial charge in [-0.2, -0.15) is 0 Å². The summed E-state index contributed by atoms with van der Waals surface area (Å²) >= 11 is 0. The first-order valence-electron chi connectivity index (χ1n) is 12.5. The van der Waals surface area contributed by atoms with Crippen molar-refractivity contribution in [3.63, 3.8) is 0 Å². The molecule has 6 nitrogen and oxygen atoms in total. The molecule has 7 heteroatoms. The Morgan fingerprint density at radius 3 is 2.46 bits per heavy atom. The van der Waals surface area contributed by atoms with E-state index in [1.54, 1.807) is 12.1 Å². The van der Waals surface area contributed by atoms with Crippen LogP contribution in [-0.2, 0) is 20.8 Å². The lowest BCUT2D eigenvalue weighted by molar-refractivity contribution is -0.171. The number of hydrogen-bond donors (Lipinski definition) is 1. The summed E-state index contributed by atoms with van der Waals surface area (Å²) in [5.74, 6) is -0.420. The zero-order valence-electron chi connectivity index (χ0n) is 20.3. The number of carbonyl (C=O) groups excluding carboxylic acids is 1. The highest BCUT2D eigenvalue weighted by molar-refractivity contribution is 5.92. The highest BCUT2D eigenvalue weighted by Crippen LogP contribution is 2.39. The Morgan fingerprint density at radius 2 is 1.80 bits per heavy atom. The molecule has 1 saturated heterocycles. The fourth-order valence-corrected chi connectivity index (χ4v) is 4.93. The third-order valence-electron chi connectivity index (χ3n) is 6.79. The second-order valence-corrected chi connectivity index (χ2v) is 9.13. The Labute approximate surface area is 206 Å². The molecule has 0 radical (unpaired) electrons. The molecule has 2 aliphatic rings. The molecule has 0 bridgehead atoms. The van der Waals surface area contributed by atoms with E-state index >= 15 is 0 Å². The van der Waals surface area contributed by atoms with Crippen molar-refractivity contribution in [3.8, 4) is 0 Å². The largest absolute Gasteiger partial charge is 0.459 e. The van der Waals surface area contributed by atoms with Gasteiger partial charge in [0.15, 0.2) is 5.76 Å². The maximum absolute atomic E-state index is 13.6. The number of amides is 1. The topological polar surface area (TPSA) is 62.2 Å². The Kier molecular flexibility index (Phi) is 8.90. The molecule has 2 heterocycles. The SMILES string of the molecule is CCO[C@@H]1OC(C(=O)N2CCN(Cc3ccccc3)CC2)=C[C@H](c2ccc(F)cc2)[C@@H]1CCCO. The quantitative estimate of drug-likeness (QED) is 0.587. The number of allylic oxidation sites excluding steroid dienone is 1. The number of benzene rings is 2. The summed E-state index contributed by atoms with van der Waals surface area (Å²) < 4.78 is 25.7. The average molecular weight is 483 g/mol. The predicted molar refractivity (Wildman–Crippen MR) is 132 cm³/mol. The Morgan fingerprint density at radius 1 is 1.09 bits per heavy atom. The van der Waals surface area contributed by atoms with Crippen LogP contribution in [0.15, 0.2) is 66.4 Å². The number of piperazine rings is 1. The molecule has 0 spiro atoms. The number of aliphatic hydroxyl groups excluding tert-OH is 1. The first kappa shape index (κ1) is 25.4. The number of ether oxygens (including phenoxy) is 2. The van der Waals surface area contributed by atoms with Crippen molar-refractivity contribution in [2.24, 2.45) is 5.92 Å². The van der Waals surface area contributed by atoms with Gasteiger partial charge >= 0.3 is 0 Å². The fraction of sp³-hybridized carbons (Fsp3) is 0.464. The van der Waals surface area contributed by atoms with E-state index in [4.69, 9.17) is 9.47 Å². The normalized spacial score (nSPS) is 23.0. The Balaban J connectivity index is 1.49. The van der Waals surface area contributed by atoms with Gasteiger partial charge in [0.1, 0.15) is 5.82 Å². The molecule has 0 unspecified atom stereocenters. The molecule has 2 aliphatic heterocycles. The van der Waals surface area contributed by atoms with Gasteiger partial charge in [0, 0.05) is 57.8 Å². The molecule has 0 saturated carbocycles. The zero-order chi connectivity index (χ0) is 24.6.